The quantitative estimate of drug-likeness (QED) is 0.606. The molecule has 1 fully saturated rings. The summed E-state index contributed by atoms with van der Waals surface area (Å²) in [5, 5.41) is 22.8. The molecule has 5 rings (SSSR count). The zero-order chi connectivity index (χ0) is 23.7. The average molecular weight is 460 g/mol. The predicted octanol–water partition coefficient (Wildman–Crippen LogP) is 1.25. The second kappa shape index (κ2) is 9.15. The Morgan fingerprint density at radius 3 is 2.71 bits per heavy atom. The van der Waals surface area contributed by atoms with Gasteiger partial charge in [0.25, 0.3) is 0 Å². The van der Waals surface area contributed by atoms with E-state index in [1.165, 1.54) is 0 Å². The zero-order valence-electron chi connectivity index (χ0n) is 19.7. The van der Waals surface area contributed by atoms with E-state index in [-0.39, 0.29) is 6.04 Å². The number of nitriles is 1. The van der Waals surface area contributed by atoms with Crippen molar-refractivity contribution in [1.82, 2.24) is 30.1 Å². The Hall–Kier alpha value is -3.91. The molecule has 3 heterocycles. The molecule has 1 aromatic heterocycles. The molecule has 1 saturated carbocycles. The lowest BCUT2D eigenvalue weighted by Gasteiger charge is -2.31. The van der Waals surface area contributed by atoms with Gasteiger partial charge in [0, 0.05) is 31.9 Å². The SMILES string of the molecule is CN(C)CCN(C)c1ccc(NC2=CC(=NC3CC3)C3=NCC(C#N)N3N2)cc1-n1cnnc1. The first-order valence-electron chi connectivity index (χ1n) is 11.4. The molecule has 0 saturated heterocycles. The van der Waals surface area contributed by atoms with Crippen LogP contribution in [0.4, 0.5) is 11.4 Å². The molecule has 1 aliphatic carbocycles. The van der Waals surface area contributed by atoms with Crippen molar-refractivity contribution in [2.45, 2.75) is 24.9 Å². The minimum Gasteiger partial charge on any atom is -0.372 e. The fourth-order valence-electron chi connectivity index (χ4n) is 3.92. The number of likely N-dealkylation sites (N-methyl/N-ethyl adjacent to an activating group) is 2. The molecule has 2 aromatic rings. The van der Waals surface area contributed by atoms with Gasteiger partial charge in [0.15, 0.2) is 11.9 Å². The number of hydrogen-bond donors (Lipinski definition) is 2. The lowest BCUT2D eigenvalue weighted by Crippen LogP contribution is -2.52. The van der Waals surface area contributed by atoms with Gasteiger partial charge in [-0.1, -0.05) is 0 Å². The maximum Gasteiger partial charge on any atom is 0.169 e. The van der Waals surface area contributed by atoms with Crippen LogP contribution in [0, 0.1) is 11.3 Å². The molecule has 11 nitrogen and oxygen atoms in total. The lowest BCUT2D eigenvalue weighted by molar-refractivity contribution is 0.328. The largest absolute Gasteiger partial charge is 0.372 e. The summed E-state index contributed by atoms with van der Waals surface area (Å²) in [5.74, 6) is 1.50. The van der Waals surface area contributed by atoms with Crippen molar-refractivity contribution in [1.29, 1.82) is 5.26 Å². The molecule has 11 heteroatoms. The summed E-state index contributed by atoms with van der Waals surface area (Å²) in [4.78, 5) is 13.8. The van der Waals surface area contributed by atoms with Crippen molar-refractivity contribution in [3.63, 3.8) is 0 Å². The van der Waals surface area contributed by atoms with Gasteiger partial charge in [-0.2, -0.15) is 5.26 Å². The number of aliphatic imine (C=N–C) groups is 2. The highest BCUT2D eigenvalue weighted by molar-refractivity contribution is 6.46. The molecule has 1 atom stereocenters. The smallest absolute Gasteiger partial charge is 0.169 e. The van der Waals surface area contributed by atoms with E-state index in [1.54, 1.807) is 12.7 Å². The van der Waals surface area contributed by atoms with Crippen LogP contribution >= 0.6 is 0 Å². The van der Waals surface area contributed by atoms with E-state index in [0.29, 0.717) is 12.6 Å². The molecule has 34 heavy (non-hydrogen) atoms. The average Bonchev–Trinajstić information content (AvgIpc) is 3.30. The summed E-state index contributed by atoms with van der Waals surface area (Å²) in [7, 11) is 6.23. The molecule has 0 spiro atoms. The second-order valence-electron chi connectivity index (χ2n) is 9.02. The zero-order valence-corrected chi connectivity index (χ0v) is 19.7. The van der Waals surface area contributed by atoms with Gasteiger partial charge in [-0.3, -0.25) is 20.0 Å². The van der Waals surface area contributed by atoms with Crippen molar-refractivity contribution in [3.8, 4) is 11.8 Å². The van der Waals surface area contributed by atoms with Gasteiger partial charge in [-0.05, 0) is 45.1 Å². The van der Waals surface area contributed by atoms with E-state index in [0.717, 1.165) is 60.4 Å². The van der Waals surface area contributed by atoms with E-state index >= 15 is 0 Å². The third-order valence-electron chi connectivity index (χ3n) is 5.97. The topological polar surface area (TPSA) is 113 Å². The molecular weight excluding hydrogens is 430 g/mol. The van der Waals surface area contributed by atoms with E-state index in [2.05, 4.69) is 75.1 Å². The van der Waals surface area contributed by atoms with E-state index in [9.17, 15) is 5.26 Å². The first-order chi connectivity index (χ1) is 16.5. The Balaban J connectivity index is 1.43. The standard InChI is InChI=1S/C23H29N11/c1-31(2)8-9-32(3)20-7-6-17(10-21(20)33-14-26-27-15-33)29-22-11-19(28-16-4-5-16)23-25-13-18(12-24)34(23)30-22/h6-7,10-11,14-16,18,29-30H,4-5,8-9,13H2,1-3H3. The van der Waals surface area contributed by atoms with Gasteiger partial charge in [-0.25, -0.2) is 5.01 Å². The van der Waals surface area contributed by atoms with E-state index in [4.69, 9.17) is 4.99 Å². The molecule has 2 aliphatic heterocycles. The fourth-order valence-corrected chi connectivity index (χ4v) is 3.92. The number of hydrogen-bond acceptors (Lipinski definition) is 10. The monoisotopic (exact) mass is 459 g/mol. The Labute approximate surface area is 199 Å². The number of benzene rings is 1. The highest BCUT2D eigenvalue weighted by Crippen LogP contribution is 2.29. The third-order valence-corrected chi connectivity index (χ3v) is 5.97. The van der Waals surface area contributed by atoms with Crippen LogP contribution in [-0.4, -0.2) is 89.1 Å². The summed E-state index contributed by atoms with van der Waals surface area (Å²) in [6, 6.07) is 8.53. The molecule has 3 aliphatic rings. The van der Waals surface area contributed by atoms with Crippen LogP contribution in [0.25, 0.3) is 5.69 Å². The Kier molecular flexibility index (Phi) is 5.90. The molecule has 2 N–H and O–H groups in total. The predicted molar refractivity (Wildman–Crippen MR) is 132 cm³/mol. The highest BCUT2D eigenvalue weighted by atomic mass is 15.6. The number of nitrogens with zero attached hydrogens (tertiary/aromatic N) is 9. The normalized spacial score (nSPS) is 20.5. The summed E-state index contributed by atoms with van der Waals surface area (Å²) < 4.78 is 1.91. The van der Waals surface area contributed by atoms with Gasteiger partial charge < -0.3 is 15.1 Å². The maximum atomic E-state index is 9.56. The van der Waals surface area contributed by atoms with Crippen LogP contribution in [0.2, 0.25) is 0 Å². The Morgan fingerprint density at radius 1 is 1.21 bits per heavy atom. The lowest BCUT2D eigenvalue weighted by atomic mass is 10.2. The van der Waals surface area contributed by atoms with Gasteiger partial charge in [0.1, 0.15) is 24.2 Å². The van der Waals surface area contributed by atoms with Crippen LogP contribution in [0.15, 0.2) is 52.7 Å². The van der Waals surface area contributed by atoms with Gasteiger partial charge >= 0.3 is 0 Å². The number of anilines is 2. The van der Waals surface area contributed by atoms with Crippen molar-refractivity contribution in [2.75, 3.05) is 51.0 Å². The van der Waals surface area contributed by atoms with Crippen molar-refractivity contribution >= 4 is 22.9 Å². The summed E-state index contributed by atoms with van der Waals surface area (Å²) in [6.07, 6.45) is 7.58. The molecule has 0 bridgehead atoms. The third kappa shape index (κ3) is 4.58. The van der Waals surface area contributed by atoms with E-state index < -0.39 is 0 Å². The molecular formula is C23H29N11. The van der Waals surface area contributed by atoms with Crippen LogP contribution in [-0.2, 0) is 0 Å². The van der Waals surface area contributed by atoms with Crippen LogP contribution < -0.4 is 15.6 Å². The number of aromatic nitrogens is 3. The summed E-state index contributed by atoms with van der Waals surface area (Å²) in [6.45, 7) is 2.27. The van der Waals surface area contributed by atoms with Gasteiger partial charge in [0.05, 0.1) is 30.0 Å². The summed E-state index contributed by atoms with van der Waals surface area (Å²) >= 11 is 0. The van der Waals surface area contributed by atoms with Crippen LogP contribution in [0.5, 0.6) is 0 Å². The number of hydrazine groups is 1. The second-order valence-corrected chi connectivity index (χ2v) is 9.02. The van der Waals surface area contributed by atoms with E-state index in [1.807, 2.05) is 21.7 Å². The highest BCUT2D eigenvalue weighted by Gasteiger charge is 2.35. The van der Waals surface area contributed by atoms with Crippen molar-refractivity contribution in [3.05, 3.63) is 42.8 Å². The van der Waals surface area contributed by atoms with Crippen molar-refractivity contribution in [2.24, 2.45) is 9.98 Å². The van der Waals surface area contributed by atoms with Crippen LogP contribution in [0.3, 0.4) is 0 Å². The van der Waals surface area contributed by atoms with Gasteiger partial charge in [0.2, 0.25) is 0 Å². The first kappa shape index (κ1) is 21.9. The van der Waals surface area contributed by atoms with Crippen LogP contribution in [0.1, 0.15) is 12.8 Å². The minimum atomic E-state index is -0.356. The first-order valence-corrected chi connectivity index (χ1v) is 11.4. The Morgan fingerprint density at radius 2 is 2.00 bits per heavy atom. The Bertz CT molecular complexity index is 1170. The molecule has 1 aromatic carbocycles. The fraction of sp³-hybridized carbons (Fsp3) is 0.435. The molecule has 0 radical (unpaired) electrons. The molecule has 1 unspecified atom stereocenters. The maximum absolute atomic E-state index is 9.56. The molecule has 0 amide bonds. The van der Waals surface area contributed by atoms with Gasteiger partial charge in [-0.15, -0.1) is 10.2 Å². The number of rotatable bonds is 8. The minimum absolute atomic E-state index is 0.355. The van der Waals surface area contributed by atoms with Crippen molar-refractivity contribution < 1.29 is 0 Å². The number of amidine groups is 1. The number of nitrogens with one attached hydrogen (secondary N) is 2. The molecule has 176 valence electrons. The number of fused-ring (bicyclic) bond motifs is 1. The summed E-state index contributed by atoms with van der Waals surface area (Å²) in [5.41, 5.74) is 7.08.